The first-order valence-electron chi connectivity index (χ1n) is 8.49. The molecule has 1 N–H and O–H groups in total. The number of alkyl halides is 1. The van der Waals surface area contributed by atoms with Crippen LogP contribution in [0.5, 0.6) is 0 Å². The molecule has 4 heteroatoms. The molecular weight excluding hydrogens is 305 g/mol. The average molecular weight is 325 g/mol. The second-order valence-electron chi connectivity index (χ2n) is 6.93. The number of halogens is 1. The van der Waals surface area contributed by atoms with E-state index in [2.05, 4.69) is 4.98 Å². The number of carboxylic acid groups (broad SMARTS) is 1. The zero-order chi connectivity index (χ0) is 16.9. The van der Waals surface area contributed by atoms with Gasteiger partial charge in [0.15, 0.2) is 0 Å². The minimum atomic E-state index is -2.27. The van der Waals surface area contributed by atoms with Crippen LogP contribution in [0.4, 0.5) is 4.39 Å². The van der Waals surface area contributed by atoms with Crippen molar-refractivity contribution in [3.63, 3.8) is 0 Å². The Kier molecular flexibility index (Phi) is 3.27. The van der Waals surface area contributed by atoms with Crippen molar-refractivity contribution in [3.05, 3.63) is 65.5 Å². The van der Waals surface area contributed by atoms with E-state index in [1.807, 2.05) is 43.3 Å². The molecular formula is C20H20FNO2. The van der Waals surface area contributed by atoms with Crippen molar-refractivity contribution in [2.45, 2.75) is 49.1 Å². The number of pyridine rings is 1. The van der Waals surface area contributed by atoms with Crippen LogP contribution >= 0.6 is 0 Å². The summed E-state index contributed by atoms with van der Waals surface area (Å²) in [5.41, 5.74) is -0.820. The van der Waals surface area contributed by atoms with Gasteiger partial charge in [0, 0.05) is 23.7 Å². The van der Waals surface area contributed by atoms with E-state index in [0.717, 1.165) is 29.7 Å². The number of carbonyl (C=O) groups is 1. The van der Waals surface area contributed by atoms with Crippen molar-refractivity contribution in [3.8, 4) is 0 Å². The molecule has 2 saturated carbocycles. The summed E-state index contributed by atoms with van der Waals surface area (Å²) in [4.78, 5) is 16.3. The fourth-order valence-corrected chi connectivity index (χ4v) is 4.34. The van der Waals surface area contributed by atoms with Crippen LogP contribution in [0.3, 0.4) is 0 Å². The molecule has 4 rings (SSSR count). The largest absolute Gasteiger partial charge is 0.479 e. The molecule has 1 heterocycles. The minimum absolute atomic E-state index is 0.434. The molecule has 0 amide bonds. The van der Waals surface area contributed by atoms with Crippen molar-refractivity contribution in [1.29, 1.82) is 0 Å². The molecule has 124 valence electrons. The van der Waals surface area contributed by atoms with E-state index in [9.17, 15) is 9.90 Å². The molecule has 24 heavy (non-hydrogen) atoms. The van der Waals surface area contributed by atoms with Gasteiger partial charge in [0.05, 0.1) is 5.41 Å². The van der Waals surface area contributed by atoms with Crippen molar-refractivity contribution < 1.29 is 14.3 Å². The third-order valence-electron chi connectivity index (χ3n) is 5.75. The Bertz CT molecular complexity index is 789. The molecule has 2 aliphatic carbocycles. The number of benzene rings is 1. The molecule has 0 aliphatic heterocycles. The van der Waals surface area contributed by atoms with Gasteiger partial charge < -0.3 is 5.11 Å². The van der Waals surface area contributed by atoms with Crippen LogP contribution in [0.15, 0.2) is 48.7 Å². The van der Waals surface area contributed by atoms with Crippen molar-refractivity contribution in [2.24, 2.45) is 0 Å². The normalized spacial score (nSPS) is 31.7. The SMILES string of the molecule is CC[C@@]1(c2ccnc(C3CC3)c2)[C@H](c2ccccc2)[C@]1(F)C(=O)O. The van der Waals surface area contributed by atoms with Crippen LogP contribution in [-0.2, 0) is 10.2 Å². The lowest BCUT2D eigenvalue weighted by atomic mass is 9.87. The molecule has 2 aromatic rings. The first-order chi connectivity index (χ1) is 11.6. The topological polar surface area (TPSA) is 50.2 Å². The van der Waals surface area contributed by atoms with E-state index in [0.29, 0.717) is 12.3 Å². The Balaban J connectivity index is 1.85. The highest BCUT2D eigenvalue weighted by Gasteiger charge is 2.83. The predicted molar refractivity (Wildman–Crippen MR) is 88.8 cm³/mol. The Morgan fingerprint density at radius 3 is 2.58 bits per heavy atom. The van der Waals surface area contributed by atoms with Crippen molar-refractivity contribution >= 4 is 5.97 Å². The highest BCUT2D eigenvalue weighted by Crippen LogP contribution is 2.72. The molecule has 0 spiro atoms. The van der Waals surface area contributed by atoms with Crippen LogP contribution in [0, 0.1) is 0 Å². The van der Waals surface area contributed by atoms with Crippen LogP contribution < -0.4 is 0 Å². The van der Waals surface area contributed by atoms with Gasteiger partial charge in [0.1, 0.15) is 0 Å². The number of rotatable bonds is 5. The summed E-state index contributed by atoms with van der Waals surface area (Å²) in [5, 5.41) is 9.67. The van der Waals surface area contributed by atoms with Gasteiger partial charge in [-0.2, -0.15) is 0 Å². The van der Waals surface area contributed by atoms with Crippen LogP contribution in [0.25, 0.3) is 0 Å². The molecule has 1 aromatic carbocycles. The highest BCUT2D eigenvalue weighted by atomic mass is 19.1. The lowest BCUT2D eigenvalue weighted by Crippen LogP contribution is -2.28. The number of aromatic nitrogens is 1. The summed E-state index contributed by atoms with van der Waals surface area (Å²) in [6, 6.07) is 12.9. The molecule has 0 bridgehead atoms. The lowest BCUT2D eigenvalue weighted by molar-refractivity contribution is -0.145. The van der Waals surface area contributed by atoms with E-state index >= 15 is 4.39 Å². The summed E-state index contributed by atoms with van der Waals surface area (Å²) < 4.78 is 15.7. The third-order valence-corrected chi connectivity index (χ3v) is 5.75. The highest BCUT2D eigenvalue weighted by molar-refractivity contribution is 5.89. The molecule has 0 unspecified atom stereocenters. The number of hydrogen-bond donors (Lipinski definition) is 1. The Morgan fingerprint density at radius 1 is 1.29 bits per heavy atom. The maximum Gasteiger partial charge on any atom is 0.343 e. The van der Waals surface area contributed by atoms with Gasteiger partial charge in [-0.25, -0.2) is 9.18 Å². The fraction of sp³-hybridized carbons (Fsp3) is 0.400. The van der Waals surface area contributed by atoms with Gasteiger partial charge in [-0.05, 0) is 42.5 Å². The second kappa shape index (κ2) is 5.13. The number of hydrogen-bond acceptors (Lipinski definition) is 2. The lowest BCUT2D eigenvalue weighted by Gasteiger charge is -2.18. The Morgan fingerprint density at radius 2 is 2.00 bits per heavy atom. The molecule has 2 aliphatic rings. The second-order valence-corrected chi connectivity index (χ2v) is 6.93. The molecule has 2 fully saturated rings. The summed E-state index contributed by atoms with van der Waals surface area (Å²) in [6.45, 7) is 1.87. The average Bonchev–Trinajstić information content (AvgIpc) is 3.51. The van der Waals surface area contributed by atoms with Gasteiger partial charge in [0.2, 0.25) is 5.67 Å². The summed E-state index contributed by atoms with van der Waals surface area (Å²) in [5.74, 6) is -1.59. The third kappa shape index (κ3) is 1.89. The monoisotopic (exact) mass is 325 g/mol. The summed E-state index contributed by atoms with van der Waals surface area (Å²) in [6.07, 6.45) is 4.35. The zero-order valence-electron chi connectivity index (χ0n) is 13.6. The van der Waals surface area contributed by atoms with Gasteiger partial charge in [-0.3, -0.25) is 4.98 Å². The van der Waals surface area contributed by atoms with Crippen LogP contribution in [0.1, 0.15) is 54.8 Å². The Hall–Kier alpha value is -2.23. The van der Waals surface area contributed by atoms with Gasteiger partial charge >= 0.3 is 5.97 Å². The summed E-state index contributed by atoms with van der Waals surface area (Å²) >= 11 is 0. The maximum absolute atomic E-state index is 15.7. The van der Waals surface area contributed by atoms with Crippen molar-refractivity contribution in [1.82, 2.24) is 4.98 Å². The summed E-state index contributed by atoms with van der Waals surface area (Å²) in [7, 11) is 0. The number of nitrogens with zero attached hydrogens (tertiary/aromatic N) is 1. The number of carboxylic acids is 1. The van der Waals surface area contributed by atoms with E-state index in [1.54, 1.807) is 12.3 Å². The molecule has 0 saturated heterocycles. The number of aliphatic carboxylic acids is 1. The van der Waals surface area contributed by atoms with Crippen LogP contribution in [-0.4, -0.2) is 21.7 Å². The van der Waals surface area contributed by atoms with E-state index < -0.39 is 23.0 Å². The first kappa shape index (κ1) is 15.3. The Labute approximate surface area is 140 Å². The first-order valence-corrected chi connectivity index (χ1v) is 8.49. The standard InChI is InChI=1S/C20H20FNO2/c1-2-19(15-10-11-22-16(12-15)13-8-9-13)17(20(19,21)18(23)24)14-6-4-3-5-7-14/h3-7,10-13,17H,2,8-9H2,1H3,(H,23,24)/t17-,19+,20-/m0/s1. The fourth-order valence-electron chi connectivity index (χ4n) is 4.34. The predicted octanol–water partition coefficient (Wildman–Crippen LogP) is 4.20. The van der Waals surface area contributed by atoms with Gasteiger partial charge in [0.25, 0.3) is 0 Å². The quantitative estimate of drug-likeness (QED) is 0.896. The van der Waals surface area contributed by atoms with E-state index in [-0.39, 0.29) is 0 Å². The van der Waals surface area contributed by atoms with Crippen molar-refractivity contribution in [2.75, 3.05) is 0 Å². The zero-order valence-corrected chi connectivity index (χ0v) is 13.6. The maximum atomic E-state index is 15.7. The van der Waals surface area contributed by atoms with Crippen LogP contribution in [0.2, 0.25) is 0 Å². The van der Waals surface area contributed by atoms with E-state index in [1.165, 1.54) is 0 Å². The molecule has 0 radical (unpaired) electrons. The molecule has 1 aromatic heterocycles. The van der Waals surface area contributed by atoms with Gasteiger partial charge in [-0.15, -0.1) is 0 Å². The van der Waals surface area contributed by atoms with Gasteiger partial charge in [-0.1, -0.05) is 37.3 Å². The van der Waals surface area contributed by atoms with E-state index in [4.69, 9.17) is 0 Å². The molecule has 3 nitrogen and oxygen atoms in total. The minimum Gasteiger partial charge on any atom is -0.479 e. The molecule has 3 atom stereocenters. The smallest absolute Gasteiger partial charge is 0.343 e.